The number of carbonyl (C=O) groups excluding carboxylic acids is 1. The first-order valence-corrected chi connectivity index (χ1v) is 7.72. The van der Waals surface area contributed by atoms with Gasteiger partial charge in [0.05, 0.1) is 24.1 Å². The van der Waals surface area contributed by atoms with E-state index in [2.05, 4.69) is 41.4 Å². The van der Waals surface area contributed by atoms with Gasteiger partial charge in [0.2, 0.25) is 0 Å². The number of aromatic amines is 1. The topological polar surface area (TPSA) is 51.3 Å². The molecular weight excluding hydrogens is 278 g/mol. The number of hydrogen-bond acceptors (Lipinski definition) is 3. The summed E-state index contributed by atoms with van der Waals surface area (Å²) < 4.78 is 11.2. The Labute approximate surface area is 129 Å². The monoisotopic (exact) mass is 297 g/mol. The average molecular weight is 297 g/mol. The Morgan fingerprint density at radius 3 is 3.18 bits per heavy atom. The van der Waals surface area contributed by atoms with Crippen molar-refractivity contribution in [1.82, 2.24) is 4.98 Å². The Morgan fingerprint density at radius 2 is 2.32 bits per heavy atom. The number of benzene rings is 1. The van der Waals surface area contributed by atoms with Crippen molar-refractivity contribution in [2.45, 2.75) is 31.0 Å². The molecule has 1 N–H and O–H groups in total. The molecule has 3 atom stereocenters. The number of aromatic nitrogens is 1. The van der Waals surface area contributed by atoms with E-state index in [-0.39, 0.29) is 23.6 Å². The highest BCUT2D eigenvalue weighted by Crippen LogP contribution is 2.47. The molecule has 1 aliphatic heterocycles. The van der Waals surface area contributed by atoms with Gasteiger partial charge in [-0.3, -0.25) is 4.79 Å². The molecule has 4 rings (SSSR count). The number of fused-ring (bicyclic) bond motifs is 1. The molecule has 0 radical (unpaired) electrons. The quantitative estimate of drug-likeness (QED) is 0.681. The van der Waals surface area contributed by atoms with Gasteiger partial charge in [0.25, 0.3) is 0 Å². The van der Waals surface area contributed by atoms with Crippen LogP contribution in [0.4, 0.5) is 0 Å². The van der Waals surface area contributed by atoms with Crippen molar-refractivity contribution >= 4 is 16.9 Å². The van der Waals surface area contributed by atoms with Crippen LogP contribution in [0.15, 0.2) is 42.6 Å². The van der Waals surface area contributed by atoms with Gasteiger partial charge in [0.15, 0.2) is 0 Å². The van der Waals surface area contributed by atoms with E-state index in [9.17, 15) is 4.79 Å². The number of esters is 1. The van der Waals surface area contributed by atoms with Gasteiger partial charge in [-0.2, -0.15) is 0 Å². The molecular formula is C18H19NO3. The Hall–Kier alpha value is -2.07. The molecule has 0 saturated heterocycles. The molecule has 22 heavy (non-hydrogen) atoms. The van der Waals surface area contributed by atoms with Gasteiger partial charge in [-0.05, 0) is 30.7 Å². The maximum Gasteiger partial charge on any atom is 0.308 e. The van der Waals surface area contributed by atoms with Gasteiger partial charge >= 0.3 is 5.97 Å². The molecule has 0 amide bonds. The Balaban J connectivity index is 1.58. The third kappa shape index (κ3) is 2.06. The number of H-pyrrole nitrogens is 1. The smallest absolute Gasteiger partial charge is 0.308 e. The van der Waals surface area contributed by atoms with Crippen molar-refractivity contribution in [3.05, 3.63) is 48.2 Å². The summed E-state index contributed by atoms with van der Waals surface area (Å²) in [6, 6.07) is 8.31. The third-order valence-corrected chi connectivity index (χ3v) is 4.90. The highest BCUT2D eigenvalue weighted by molar-refractivity contribution is 5.83. The predicted molar refractivity (Wildman–Crippen MR) is 83.4 cm³/mol. The number of nitrogens with one attached hydrogen (secondary N) is 1. The van der Waals surface area contributed by atoms with E-state index in [1.165, 1.54) is 12.5 Å². The second-order valence-electron chi connectivity index (χ2n) is 6.21. The summed E-state index contributed by atoms with van der Waals surface area (Å²) in [5, 5.41) is 1.19. The number of rotatable bonds is 2. The Bertz CT molecular complexity index is 748. The first kappa shape index (κ1) is 13.6. The van der Waals surface area contributed by atoms with Gasteiger partial charge in [0.1, 0.15) is 6.10 Å². The fourth-order valence-electron chi connectivity index (χ4n) is 3.77. The van der Waals surface area contributed by atoms with Gasteiger partial charge in [-0.25, -0.2) is 0 Å². The molecule has 2 heterocycles. The van der Waals surface area contributed by atoms with Crippen molar-refractivity contribution in [3.8, 4) is 0 Å². The summed E-state index contributed by atoms with van der Waals surface area (Å²) in [5.74, 6) is -0.168. The van der Waals surface area contributed by atoms with Crippen molar-refractivity contribution in [1.29, 1.82) is 0 Å². The summed E-state index contributed by atoms with van der Waals surface area (Å²) in [4.78, 5) is 15.0. The number of carbonyl (C=O) groups is 1. The van der Waals surface area contributed by atoms with Crippen molar-refractivity contribution in [2.75, 3.05) is 7.11 Å². The second-order valence-corrected chi connectivity index (χ2v) is 6.21. The molecule has 1 aromatic heterocycles. The van der Waals surface area contributed by atoms with Crippen LogP contribution in [0.3, 0.4) is 0 Å². The number of para-hydroxylation sites is 1. The van der Waals surface area contributed by atoms with Crippen LogP contribution in [0, 0.1) is 5.92 Å². The molecule has 1 spiro atoms. The van der Waals surface area contributed by atoms with Gasteiger partial charge < -0.3 is 14.5 Å². The molecule has 1 aliphatic carbocycles. The molecule has 1 saturated carbocycles. The summed E-state index contributed by atoms with van der Waals surface area (Å²) in [6.45, 7) is 0. The fourth-order valence-corrected chi connectivity index (χ4v) is 3.77. The number of methoxy groups -OCH3 is 1. The summed E-state index contributed by atoms with van der Waals surface area (Å²) in [5.41, 5.74) is 1.96. The standard InChI is InChI=1S/C18H19NO3/c1-21-17(20)13-5-8-18(11-13)9-6-15(22-18)14-4-2-3-12-7-10-19-16(12)14/h2-4,6-7,9-10,13,15,19H,5,8,11H2,1H3. The lowest BCUT2D eigenvalue weighted by atomic mass is 10.0. The minimum Gasteiger partial charge on any atom is -0.469 e. The number of ether oxygens (including phenoxy) is 2. The summed E-state index contributed by atoms with van der Waals surface area (Å²) in [6.07, 6.45) is 8.58. The molecule has 0 bridgehead atoms. The molecule has 2 aromatic rings. The van der Waals surface area contributed by atoms with Crippen molar-refractivity contribution in [3.63, 3.8) is 0 Å². The van der Waals surface area contributed by atoms with Gasteiger partial charge in [0, 0.05) is 11.8 Å². The average Bonchev–Trinajstić information content (AvgIpc) is 3.26. The van der Waals surface area contributed by atoms with Crippen LogP contribution in [0.5, 0.6) is 0 Å². The maximum absolute atomic E-state index is 11.7. The first-order valence-electron chi connectivity index (χ1n) is 7.72. The lowest BCUT2D eigenvalue weighted by molar-refractivity contribution is -0.146. The molecule has 3 unspecified atom stereocenters. The number of hydrogen-bond donors (Lipinski definition) is 1. The molecule has 4 heteroatoms. The first-order chi connectivity index (χ1) is 10.7. The van der Waals surface area contributed by atoms with E-state index in [4.69, 9.17) is 9.47 Å². The normalized spacial score (nSPS) is 30.4. The zero-order valence-electron chi connectivity index (χ0n) is 12.5. The van der Waals surface area contributed by atoms with Crippen LogP contribution >= 0.6 is 0 Å². The van der Waals surface area contributed by atoms with Gasteiger partial charge in [-0.1, -0.05) is 30.4 Å². The molecule has 1 fully saturated rings. The molecule has 2 aliphatic rings. The van der Waals surface area contributed by atoms with Crippen LogP contribution in [0.2, 0.25) is 0 Å². The second kappa shape index (κ2) is 4.99. The highest BCUT2D eigenvalue weighted by Gasteiger charge is 2.45. The summed E-state index contributed by atoms with van der Waals surface area (Å²) >= 11 is 0. The maximum atomic E-state index is 11.7. The summed E-state index contributed by atoms with van der Waals surface area (Å²) in [7, 11) is 1.45. The van der Waals surface area contributed by atoms with E-state index >= 15 is 0 Å². The van der Waals surface area contributed by atoms with E-state index < -0.39 is 0 Å². The lowest BCUT2D eigenvalue weighted by Crippen LogP contribution is -2.25. The minimum absolute atomic E-state index is 0.0466. The van der Waals surface area contributed by atoms with E-state index in [1.54, 1.807) is 0 Å². The van der Waals surface area contributed by atoms with Crippen molar-refractivity contribution < 1.29 is 14.3 Å². The zero-order chi connectivity index (χ0) is 15.2. The minimum atomic E-state index is -0.307. The van der Waals surface area contributed by atoms with Crippen LogP contribution in [-0.2, 0) is 14.3 Å². The van der Waals surface area contributed by atoms with E-state index in [1.807, 2.05) is 6.20 Å². The Kier molecular flexibility index (Phi) is 3.08. The predicted octanol–water partition coefficient (Wildman–Crippen LogP) is 3.51. The van der Waals surface area contributed by atoms with E-state index in [0.29, 0.717) is 6.42 Å². The van der Waals surface area contributed by atoms with Gasteiger partial charge in [-0.15, -0.1) is 0 Å². The van der Waals surface area contributed by atoms with Crippen LogP contribution in [-0.4, -0.2) is 23.7 Å². The fraction of sp³-hybridized carbons (Fsp3) is 0.389. The third-order valence-electron chi connectivity index (χ3n) is 4.90. The zero-order valence-corrected chi connectivity index (χ0v) is 12.5. The van der Waals surface area contributed by atoms with E-state index in [0.717, 1.165) is 23.9 Å². The molecule has 114 valence electrons. The largest absolute Gasteiger partial charge is 0.469 e. The molecule has 1 aromatic carbocycles. The Morgan fingerprint density at radius 1 is 1.41 bits per heavy atom. The molecule has 4 nitrogen and oxygen atoms in total. The van der Waals surface area contributed by atoms with Crippen LogP contribution in [0.1, 0.15) is 30.9 Å². The SMILES string of the molecule is COC(=O)C1CCC2(C=CC(c3cccc4cc[nH]c34)O2)C1. The van der Waals surface area contributed by atoms with Crippen molar-refractivity contribution in [2.24, 2.45) is 5.92 Å². The highest BCUT2D eigenvalue weighted by atomic mass is 16.5. The lowest BCUT2D eigenvalue weighted by Gasteiger charge is -2.24. The van der Waals surface area contributed by atoms with Crippen LogP contribution < -0.4 is 0 Å². The van der Waals surface area contributed by atoms with Crippen LogP contribution in [0.25, 0.3) is 10.9 Å².